The maximum absolute atomic E-state index is 13.7. The first kappa shape index (κ1) is 35.8. The molecular weight excluding hydrogens is 669 g/mol. The molecule has 0 saturated carbocycles. The minimum atomic E-state index is -2.62. The molecule has 6 rings (SSSR count). The smallest absolute Gasteiger partial charge is 0.351 e. The molecule has 0 unspecified atom stereocenters. The summed E-state index contributed by atoms with van der Waals surface area (Å²) in [6.07, 6.45) is -1.18. The van der Waals surface area contributed by atoms with Crippen LogP contribution in [0.3, 0.4) is 0 Å². The van der Waals surface area contributed by atoms with Crippen LogP contribution in [0.5, 0.6) is 11.5 Å². The lowest BCUT2D eigenvalue weighted by Crippen LogP contribution is -2.45. The van der Waals surface area contributed by atoms with Gasteiger partial charge < -0.3 is 33.6 Å². The first-order valence-electron chi connectivity index (χ1n) is 16.4. The van der Waals surface area contributed by atoms with E-state index in [0.717, 1.165) is 16.7 Å². The first-order chi connectivity index (χ1) is 24.6. The van der Waals surface area contributed by atoms with Gasteiger partial charge in [-0.25, -0.2) is 4.79 Å². The molecule has 5 aromatic rings. The Morgan fingerprint density at radius 2 is 1.39 bits per heavy atom. The van der Waals surface area contributed by atoms with E-state index in [2.05, 4.69) is 10.3 Å². The fourth-order valence-electron chi connectivity index (χ4n) is 6.04. The second-order valence-electron chi connectivity index (χ2n) is 12.5. The SMILES string of the molecule is COc1ccc(C(O[C@@H]2[C@@H](OCP(C)(C)=O)CO[C@H]2n2ccc(NC(=O)c3ccccc3)nc2=O)(c2ccccc2)c2ccc(OC)cc2)cc1. The number of hydrogen-bond acceptors (Lipinski definition) is 9. The van der Waals surface area contributed by atoms with Crippen molar-refractivity contribution in [2.75, 3.05) is 45.8 Å². The summed E-state index contributed by atoms with van der Waals surface area (Å²) < 4.78 is 45.1. The van der Waals surface area contributed by atoms with E-state index in [1.807, 2.05) is 84.9 Å². The number of carbonyl (C=O) groups excluding carboxylic acids is 1. The normalized spacial score (nSPS) is 17.5. The van der Waals surface area contributed by atoms with Gasteiger partial charge in [0.1, 0.15) is 42.3 Å². The summed E-state index contributed by atoms with van der Waals surface area (Å²) in [4.78, 5) is 30.6. The number of nitrogens with one attached hydrogen (secondary N) is 1. The number of ether oxygens (including phenoxy) is 5. The first-order valence-corrected chi connectivity index (χ1v) is 19.1. The molecule has 1 N–H and O–H groups in total. The van der Waals surface area contributed by atoms with Gasteiger partial charge in [-0.15, -0.1) is 0 Å². The zero-order chi connectivity index (χ0) is 36.0. The van der Waals surface area contributed by atoms with Crippen LogP contribution < -0.4 is 20.5 Å². The standard InChI is InChI=1S/C39H40N3O8P/c1-46-31-19-15-29(16-20-31)39(28-13-9-6-10-14-28,30-17-21-32(47-2)22-18-30)50-35-33(49-26-51(3,4)45)25-48-37(35)42-24-23-34(41-38(42)44)40-36(43)27-11-7-5-8-12-27/h5-24,33,35,37H,25-26H2,1-4H3,(H,40,41,43,44)/t33-,35+,37+/m0/s1. The molecule has 1 aliphatic rings. The average molecular weight is 710 g/mol. The van der Waals surface area contributed by atoms with Gasteiger partial charge in [-0.2, -0.15) is 4.98 Å². The third-order valence-corrected chi connectivity index (χ3v) is 9.32. The number of hydrogen-bond donors (Lipinski definition) is 1. The van der Waals surface area contributed by atoms with Gasteiger partial charge in [-0.05, 0) is 72.5 Å². The number of carbonyl (C=O) groups is 1. The van der Waals surface area contributed by atoms with Crippen molar-refractivity contribution in [2.24, 2.45) is 0 Å². The maximum atomic E-state index is 13.7. The summed E-state index contributed by atoms with van der Waals surface area (Å²) >= 11 is 0. The van der Waals surface area contributed by atoms with Gasteiger partial charge >= 0.3 is 5.69 Å². The van der Waals surface area contributed by atoms with Crippen molar-refractivity contribution >= 4 is 18.9 Å². The molecule has 3 atom stereocenters. The molecule has 1 amide bonds. The number of aromatic nitrogens is 2. The van der Waals surface area contributed by atoms with Crippen LogP contribution in [0.2, 0.25) is 0 Å². The molecule has 1 fully saturated rings. The average Bonchev–Trinajstić information content (AvgIpc) is 3.55. The minimum Gasteiger partial charge on any atom is -0.497 e. The summed E-state index contributed by atoms with van der Waals surface area (Å²) in [5, 5.41) is 2.68. The second kappa shape index (κ2) is 15.4. The Balaban J connectivity index is 1.46. The van der Waals surface area contributed by atoms with Gasteiger partial charge in [-0.3, -0.25) is 9.36 Å². The molecule has 0 bridgehead atoms. The molecular formula is C39H40N3O8P. The van der Waals surface area contributed by atoms with E-state index in [4.69, 9.17) is 23.7 Å². The molecule has 0 aliphatic carbocycles. The Morgan fingerprint density at radius 1 is 0.843 bits per heavy atom. The zero-order valence-corrected chi connectivity index (χ0v) is 29.7. The molecule has 264 valence electrons. The molecule has 0 spiro atoms. The van der Waals surface area contributed by atoms with Crippen LogP contribution >= 0.6 is 7.14 Å². The Kier molecular flexibility index (Phi) is 10.8. The van der Waals surface area contributed by atoms with Gasteiger partial charge in [0.25, 0.3) is 5.91 Å². The Bertz CT molecular complexity index is 1990. The highest BCUT2D eigenvalue weighted by Gasteiger charge is 2.49. The highest BCUT2D eigenvalue weighted by atomic mass is 31.2. The van der Waals surface area contributed by atoms with Crippen LogP contribution in [0.15, 0.2) is 126 Å². The van der Waals surface area contributed by atoms with E-state index < -0.39 is 42.8 Å². The Labute approximate surface area is 296 Å². The Morgan fingerprint density at radius 3 is 1.92 bits per heavy atom. The predicted molar refractivity (Wildman–Crippen MR) is 194 cm³/mol. The van der Waals surface area contributed by atoms with E-state index in [9.17, 15) is 14.2 Å². The highest BCUT2D eigenvalue weighted by Crippen LogP contribution is 2.46. The Hall–Kier alpha value is -5.06. The van der Waals surface area contributed by atoms with Gasteiger partial charge in [0.05, 0.1) is 27.2 Å². The second-order valence-corrected chi connectivity index (χ2v) is 15.9. The van der Waals surface area contributed by atoms with E-state index >= 15 is 0 Å². The van der Waals surface area contributed by atoms with E-state index in [0.29, 0.717) is 17.1 Å². The lowest BCUT2D eigenvalue weighted by molar-refractivity contribution is -0.129. The highest BCUT2D eigenvalue weighted by molar-refractivity contribution is 7.62. The van der Waals surface area contributed by atoms with Crippen LogP contribution in [0, 0.1) is 0 Å². The largest absolute Gasteiger partial charge is 0.497 e. The summed E-state index contributed by atoms with van der Waals surface area (Å²) in [6, 6.07) is 35.1. The van der Waals surface area contributed by atoms with E-state index in [1.165, 1.54) is 16.8 Å². The maximum Gasteiger partial charge on any atom is 0.351 e. The summed E-state index contributed by atoms with van der Waals surface area (Å²) in [6.45, 7) is 3.34. The molecule has 2 heterocycles. The number of anilines is 1. The topological polar surface area (TPSA) is 127 Å². The summed E-state index contributed by atoms with van der Waals surface area (Å²) in [7, 11) is 0.589. The van der Waals surface area contributed by atoms with E-state index in [1.54, 1.807) is 51.8 Å². The van der Waals surface area contributed by atoms with Gasteiger partial charge in [0, 0.05) is 11.8 Å². The van der Waals surface area contributed by atoms with Crippen molar-refractivity contribution in [1.29, 1.82) is 0 Å². The van der Waals surface area contributed by atoms with Gasteiger partial charge in [0.2, 0.25) is 0 Å². The fourth-order valence-corrected chi connectivity index (χ4v) is 6.59. The minimum absolute atomic E-state index is 0.0192. The summed E-state index contributed by atoms with van der Waals surface area (Å²) in [5.41, 5.74) is 0.812. The molecule has 1 aromatic heterocycles. The van der Waals surface area contributed by atoms with Crippen LogP contribution in [-0.2, 0) is 24.4 Å². The van der Waals surface area contributed by atoms with Crippen LogP contribution in [0.25, 0.3) is 0 Å². The van der Waals surface area contributed by atoms with Gasteiger partial charge in [0.15, 0.2) is 6.23 Å². The number of methoxy groups -OCH3 is 2. The van der Waals surface area contributed by atoms with Crippen molar-refractivity contribution in [3.63, 3.8) is 0 Å². The molecule has 51 heavy (non-hydrogen) atoms. The quantitative estimate of drug-likeness (QED) is 0.109. The number of rotatable bonds is 13. The van der Waals surface area contributed by atoms with Crippen molar-refractivity contribution < 1.29 is 33.0 Å². The molecule has 1 saturated heterocycles. The summed E-state index contributed by atoms with van der Waals surface area (Å²) in [5.74, 6) is 1.01. The van der Waals surface area contributed by atoms with Crippen molar-refractivity contribution in [2.45, 2.75) is 24.0 Å². The molecule has 1 aliphatic heterocycles. The van der Waals surface area contributed by atoms with Crippen LogP contribution in [0.1, 0.15) is 33.3 Å². The predicted octanol–water partition coefficient (Wildman–Crippen LogP) is 6.38. The molecule has 0 radical (unpaired) electrons. The number of nitrogens with zero attached hydrogens (tertiary/aromatic N) is 2. The molecule has 4 aromatic carbocycles. The molecule has 11 nitrogen and oxygen atoms in total. The number of benzene rings is 4. The number of amides is 1. The van der Waals surface area contributed by atoms with E-state index in [-0.39, 0.29) is 18.8 Å². The zero-order valence-electron chi connectivity index (χ0n) is 28.8. The lowest BCUT2D eigenvalue weighted by Gasteiger charge is -2.40. The fraction of sp³-hybridized carbons (Fsp3) is 0.256. The van der Waals surface area contributed by atoms with Crippen LogP contribution in [-0.4, -0.2) is 68.2 Å². The lowest BCUT2D eigenvalue weighted by atomic mass is 9.79. The van der Waals surface area contributed by atoms with Crippen LogP contribution in [0.4, 0.5) is 5.82 Å². The van der Waals surface area contributed by atoms with Crippen molar-refractivity contribution in [3.05, 3.63) is 154 Å². The van der Waals surface area contributed by atoms with Gasteiger partial charge in [-0.1, -0.05) is 72.8 Å². The van der Waals surface area contributed by atoms with Crippen molar-refractivity contribution in [1.82, 2.24) is 9.55 Å². The van der Waals surface area contributed by atoms with Crippen molar-refractivity contribution in [3.8, 4) is 11.5 Å². The molecule has 12 heteroatoms. The monoisotopic (exact) mass is 709 g/mol. The third kappa shape index (κ3) is 7.97. The third-order valence-electron chi connectivity index (χ3n) is 8.55.